The van der Waals surface area contributed by atoms with Gasteiger partial charge in [0.2, 0.25) is 5.91 Å². The number of carboxylic acids is 1. The van der Waals surface area contributed by atoms with Gasteiger partial charge in [-0.05, 0) is 28.5 Å². The van der Waals surface area contributed by atoms with Crippen LogP contribution in [0.1, 0.15) is 12.0 Å². The summed E-state index contributed by atoms with van der Waals surface area (Å²) in [6, 6.07) is 7.09. The molecule has 2 N–H and O–H groups in total. The van der Waals surface area contributed by atoms with Crippen molar-refractivity contribution in [1.29, 1.82) is 0 Å². The summed E-state index contributed by atoms with van der Waals surface area (Å²) >= 11 is 0. The van der Waals surface area contributed by atoms with E-state index in [1.807, 2.05) is 0 Å². The number of nitrogens with one attached hydrogen (secondary N) is 1. The standard InChI is InChI=1S/C12H13N5O3/c18-11(7-17-8-13-15-16-17)14-10-4-2-1-3-9(10)5-6-12(19)20/h1-4,8H,5-7H2,(H,14,18)(H,19,20). The number of nitrogens with zero attached hydrogens (tertiary/aromatic N) is 4. The number of rotatable bonds is 6. The third kappa shape index (κ3) is 3.87. The van der Waals surface area contributed by atoms with Crippen molar-refractivity contribution in [2.24, 2.45) is 0 Å². The molecule has 1 amide bonds. The van der Waals surface area contributed by atoms with Gasteiger partial charge in [0.25, 0.3) is 0 Å². The van der Waals surface area contributed by atoms with Gasteiger partial charge in [0, 0.05) is 12.1 Å². The van der Waals surface area contributed by atoms with Crippen LogP contribution in [0.3, 0.4) is 0 Å². The third-order valence-corrected chi connectivity index (χ3v) is 2.60. The number of aliphatic carboxylic acids is 1. The summed E-state index contributed by atoms with van der Waals surface area (Å²) in [4.78, 5) is 22.4. The topological polar surface area (TPSA) is 110 Å². The normalized spacial score (nSPS) is 10.2. The Labute approximate surface area is 114 Å². The molecule has 2 aromatic rings. The molecule has 104 valence electrons. The predicted molar refractivity (Wildman–Crippen MR) is 68.8 cm³/mol. The van der Waals surface area contributed by atoms with Crippen molar-refractivity contribution >= 4 is 17.6 Å². The highest BCUT2D eigenvalue weighted by Gasteiger charge is 2.09. The van der Waals surface area contributed by atoms with Gasteiger partial charge in [0.05, 0.1) is 0 Å². The molecule has 8 nitrogen and oxygen atoms in total. The molecule has 0 atom stereocenters. The first-order chi connectivity index (χ1) is 9.65. The van der Waals surface area contributed by atoms with Crippen LogP contribution in [-0.4, -0.2) is 37.2 Å². The van der Waals surface area contributed by atoms with Gasteiger partial charge in [-0.25, -0.2) is 4.68 Å². The van der Waals surface area contributed by atoms with E-state index in [9.17, 15) is 9.59 Å². The first kappa shape index (κ1) is 13.7. The molecular weight excluding hydrogens is 262 g/mol. The summed E-state index contributed by atoms with van der Waals surface area (Å²) in [6.07, 6.45) is 1.71. The Morgan fingerprint density at radius 2 is 2.10 bits per heavy atom. The second kappa shape index (κ2) is 6.41. The lowest BCUT2D eigenvalue weighted by Gasteiger charge is -2.10. The van der Waals surface area contributed by atoms with Gasteiger partial charge in [-0.2, -0.15) is 0 Å². The monoisotopic (exact) mass is 275 g/mol. The number of hydrogen-bond donors (Lipinski definition) is 2. The maximum atomic E-state index is 11.8. The van der Waals surface area contributed by atoms with Crippen molar-refractivity contribution in [3.05, 3.63) is 36.2 Å². The minimum absolute atomic E-state index is 0.000263. The van der Waals surface area contributed by atoms with Gasteiger partial charge in [0.15, 0.2) is 0 Å². The molecule has 0 unspecified atom stereocenters. The number of carbonyl (C=O) groups excluding carboxylic acids is 1. The van der Waals surface area contributed by atoms with Crippen molar-refractivity contribution in [3.63, 3.8) is 0 Å². The Morgan fingerprint density at radius 1 is 1.30 bits per heavy atom. The van der Waals surface area contributed by atoms with Crippen LogP contribution in [-0.2, 0) is 22.6 Å². The molecule has 1 aromatic heterocycles. The van der Waals surface area contributed by atoms with Crippen LogP contribution < -0.4 is 5.32 Å². The van der Waals surface area contributed by atoms with E-state index in [1.54, 1.807) is 24.3 Å². The smallest absolute Gasteiger partial charge is 0.303 e. The van der Waals surface area contributed by atoms with Crippen molar-refractivity contribution in [2.45, 2.75) is 19.4 Å². The minimum atomic E-state index is -0.875. The summed E-state index contributed by atoms with van der Waals surface area (Å²) in [5.41, 5.74) is 1.38. The van der Waals surface area contributed by atoms with E-state index in [0.29, 0.717) is 12.1 Å². The van der Waals surface area contributed by atoms with E-state index in [-0.39, 0.29) is 18.9 Å². The molecule has 0 aliphatic carbocycles. The van der Waals surface area contributed by atoms with Gasteiger partial charge in [-0.3, -0.25) is 9.59 Å². The number of hydrogen-bond acceptors (Lipinski definition) is 5. The first-order valence-corrected chi connectivity index (χ1v) is 5.95. The van der Waals surface area contributed by atoms with Gasteiger partial charge in [-0.15, -0.1) is 5.10 Å². The maximum Gasteiger partial charge on any atom is 0.303 e. The van der Waals surface area contributed by atoms with Crippen LogP contribution in [0.5, 0.6) is 0 Å². The molecule has 1 heterocycles. The van der Waals surface area contributed by atoms with Crippen molar-refractivity contribution in [3.8, 4) is 0 Å². The minimum Gasteiger partial charge on any atom is -0.481 e. The molecule has 0 spiro atoms. The predicted octanol–water partition coefficient (Wildman–Crippen LogP) is 0.329. The van der Waals surface area contributed by atoms with Gasteiger partial charge in [0.1, 0.15) is 12.9 Å². The third-order valence-electron chi connectivity index (χ3n) is 2.60. The molecule has 0 bridgehead atoms. The highest BCUT2D eigenvalue weighted by Crippen LogP contribution is 2.16. The van der Waals surface area contributed by atoms with Gasteiger partial charge < -0.3 is 10.4 Å². The second-order valence-electron chi connectivity index (χ2n) is 4.11. The number of amides is 1. The number of carboxylic acid groups (broad SMARTS) is 1. The average Bonchev–Trinajstić information content (AvgIpc) is 2.90. The zero-order valence-electron chi connectivity index (χ0n) is 10.6. The molecule has 0 radical (unpaired) electrons. The van der Waals surface area contributed by atoms with Gasteiger partial charge >= 0.3 is 5.97 Å². The molecule has 0 fully saturated rings. The number of carbonyl (C=O) groups is 2. The molecule has 0 saturated carbocycles. The molecule has 8 heteroatoms. The fourth-order valence-corrected chi connectivity index (χ4v) is 1.69. The highest BCUT2D eigenvalue weighted by molar-refractivity contribution is 5.91. The number of benzene rings is 1. The Balaban J connectivity index is 2.01. The summed E-state index contributed by atoms with van der Waals surface area (Å²) in [6.45, 7) is 0.000263. The van der Waals surface area contributed by atoms with Crippen molar-refractivity contribution in [1.82, 2.24) is 20.2 Å². The van der Waals surface area contributed by atoms with Crippen LogP contribution in [0, 0.1) is 0 Å². The molecule has 0 aliphatic heterocycles. The molecule has 2 rings (SSSR count). The SMILES string of the molecule is O=C(O)CCc1ccccc1NC(=O)Cn1cnnn1. The van der Waals surface area contributed by atoms with Crippen LogP contribution in [0.4, 0.5) is 5.69 Å². The largest absolute Gasteiger partial charge is 0.481 e. The molecule has 0 aliphatic rings. The van der Waals surface area contributed by atoms with Crippen molar-refractivity contribution in [2.75, 3.05) is 5.32 Å². The molecule has 1 aromatic carbocycles. The number of para-hydroxylation sites is 1. The Morgan fingerprint density at radius 3 is 2.80 bits per heavy atom. The molecule has 0 saturated heterocycles. The summed E-state index contributed by atoms with van der Waals surface area (Å²) < 4.78 is 1.30. The number of aromatic nitrogens is 4. The van der Waals surface area contributed by atoms with E-state index in [2.05, 4.69) is 20.8 Å². The van der Waals surface area contributed by atoms with E-state index >= 15 is 0 Å². The lowest BCUT2D eigenvalue weighted by Crippen LogP contribution is -2.20. The van der Waals surface area contributed by atoms with Crippen LogP contribution >= 0.6 is 0 Å². The maximum absolute atomic E-state index is 11.8. The van der Waals surface area contributed by atoms with E-state index in [0.717, 1.165) is 5.56 Å². The lowest BCUT2D eigenvalue weighted by atomic mass is 10.1. The average molecular weight is 275 g/mol. The first-order valence-electron chi connectivity index (χ1n) is 5.95. The van der Waals surface area contributed by atoms with Crippen LogP contribution in [0.15, 0.2) is 30.6 Å². The zero-order valence-corrected chi connectivity index (χ0v) is 10.6. The Hall–Kier alpha value is -2.77. The van der Waals surface area contributed by atoms with Crippen LogP contribution in [0.25, 0.3) is 0 Å². The van der Waals surface area contributed by atoms with E-state index < -0.39 is 5.97 Å². The fourth-order valence-electron chi connectivity index (χ4n) is 1.69. The molecular formula is C12H13N5O3. The second-order valence-corrected chi connectivity index (χ2v) is 4.11. The number of aryl methyl sites for hydroxylation is 1. The Bertz CT molecular complexity index is 597. The molecule has 20 heavy (non-hydrogen) atoms. The summed E-state index contributed by atoms with van der Waals surface area (Å²) in [7, 11) is 0. The van der Waals surface area contributed by atoms with E-state index in [4.69, 9.17) is 5.11 Å². The number of anilines is 1. The van der Waals surface area contributed by atoms with E-state index in [1.165, 1.54) is 11.0 Å². The zero-order chi connectivity index (χ0) is 14.4. The summed E-state index contributed by atoms with van der Waals surface area (Å²) in [5.74, 6) is -1.15. The van der Waals surface area contributed by atoms with Gasteiger partial charge in [-0.1, -0.05) is 18.2 Å². The fraction of sp³-hybridized carbons (Fsp3) is 0.250. The lowest BCUT2D eigenvalue weighted by molar-refractivity contribution is -0.136. The van der Waals surface area contributed by atoms with Crippen molar-refractivity contribution < 1.29 is 14.7 Å². The quantitative estimate of drug-likeness (QED) is 0.786. The van der Waals surface area contributed by atoms with Crippen LogP contribution in [0.2, 0.25) is 0 Å². The number of tetrazole rings is 1. The highest BCUT2D eigenvalue weighted by atomic mass is 16.4. The summed E-state index contributed by atoms with van der Waals surface area (Å²) in [5, 5.41) is 21.9. The Kier molecular flexibility index (Phi) is 4.38.